The van der Waals surface area contributed by atoms with Gasteiger partial charge in [-0.1, -0.05) is 48.5 Å². The van der Waals surface area contributed by atoms with Crippen molar-refractivity contribution in [1.82, 2.24) is 4.98 Å². The van der Waals surface area contributed by atoms with Gasteiger partial charge in [-0.15, -0.1) is 0 Å². The maximum Gasteiger partial charge on any atom is 0.266 e. The van der Waals surface area contributed by atoms with Gasteiger partial charge in [0.2, 0.25) is 13.6 Å². The summed E-state index contributed by atoms with van der Waals surface area (Å²) in [7, 11) is 0. The van der Waals surface area contributed by atoms with Crippen LogP contribution in [0.25, 0.3) is 10.9 Å². The summed E-state index contributed by atoms with van der Waals surface area (Å²) < 4.78 is 21.8. The van der Waals surface area contributed by atoms with Gasteiger partial charge in [0.05, 0.1) is 11.2 Å². The number of benzene rings is 4. The first-order valence-electron chi connectivity index (χ1n) is 13.4. The fraction of sp³-hybridized carbons (Fsp3) is 0.0909. The van der Waals surface area contributed by atoms with Crippen LogP contribution >= 0.6 is 0 Å². The minimum Gasteiger partial charge on any atom is -0.454 e. The zero-order valence-corrected chi connectivity index (χ0v) is 22.6. The molecule has 10 nitrogen and oxygen atoms in total. The van der Waals surface area contributed by atoms with Crippen molar-refractivity contribution in [3.05, 3.63) is 113 Å². The van der Waals surface area contributed by atoms with E-state index in [4.69, 9.17) is 23.9 Å². The SMILES string of the molecule is N#Cc1c(N(C(=O)c2ccc3c(c2)OCO3)C(=O)c2ccc3c(c2)OCO3)nc2ccccc2c1NCc1ccccc1. The molecule has 1 aromatic heterocycles. The highest BCUT2D eigenvalue weighted by Crippen LogP contribution is 2.38. The summed E-state index contributed by atoms with van der Waals surface area (Å²) >= 11 is 0. The van der Waals surface area contributed by atoms with Gasteiger partial charge in [0.15, 0.2) is 28.8 Å². The molecule has 5 aromatic rings. The van der Waals surface area contributed by atoms with E-state index in [-0.39, 0.29) is 36.1 Å². The van der Waals surface area contributed by atoms with E-state index in [1.54, 1.807) is 24.3 Å². The highest BCUT2D eigenvalue weighted by molar-refractivity contribution is 6.26. The van der Waals surface area contributed by atoms with Crippen LogP contribution in [0, 0.1) is 11.3 Å². The summed E-state index contributed by atoms with van der Waals surface area (Å²) in [6.07, 6.45) is 0. The zero-order chi connectivity index (χ0) is 29.3. The lowest BCUT2D eigenvalue weighted by molar-refractivity contribution is 0.0896. The number of pyridine rings is 1. The highest BCUT2D eigenvalue weighted by Gasteiger charge is 2.33. The summed E-state index contributed by atoms with van der Waals surface area (Å²) in [6.45, 7) is 0.442. The molecule has 0 fully saturated rings. The molecule has 0 radical (unpaired) electrons. The van der Waals surface area contributed by atoms with Crippen LogP contribution in [0.4, 0.5) is 11.5 Å². The van der Waals surface area contributed by atoms with Crippen molar-refractivity contribution in [3.8, 4) is 29.1 Å². The number of carbonyl (C=O) groups is 2. The van der Waals surface area contributed by atoms with E-state index in [9.17, 15) is 14.9 Å². The monoisotopic (exact) mass is 570 g/mol. The number of aromatic nitrogens is 1. The van der Waals surface area contributed by atoms with Crippen molar-refractivity contribution in [2.75, 3.05) is 23.8 Å². The number of amides is 2. The van der Waals surface area contributed by atoms with Crippen LogP contribution in [0.1, 0.15) is 31.8 Å². The van der Waals surface area contributed by atoms with Crippen molar-refractivity contribution >= 4 is 34.2 Å². The normalized spacial score (nSPS) is 12.5. The summed E-state index contributed by atoms with van der Waals surface area (Å²) in [6, 6.07) is 28.4. The van der Waals surface area contributed by atoms with Crippen LogP contribution in [0.3, 0.4) is 0 Å². The number of imide groups is 1. The largest absolute Gasteiger partial charge is 0.454 e. The topological polar surface area (TPSA) is 123 Å². The van der Waals surface area contributed by atoms with Gasteiger partial charge < -0.3 is 24.3 Å². The number of nitriles is 1. The average molecular weight is 571 g/mol. The van der Waals surface area contributed by atoms with Gasteiger partial charge in [-0.25, -0.2) is 9.88 Å². The van der Waals surface area contributed by atoms with Crippen LogP contribution in [-0.4, -0.2) is 30.4 Å². The summed E-state index contributed by atoms with van der Waals surface area (Å²) in [5.41, 5.74) is 2.27. The fourth-order valence-corrected chi connectivity index (χ4v) is 5.04. The Bertz CT molecular complexity index is 1880. The van der Waals surface area contributed by atoms with Gasteiger partial charge in [0, 0.05) is 23.1 Å². The Morgan fingerprint density at radius 2 is 1.35 bits per heavy atom. The highest BCUT2D eigenvalue weighted by atomic mass is 16.7. The van der Waals surface area contributed by atoms with Gasteiger partial charge in [-0.2, -0.15) is 5.26 Å². The molecule has 1 N–H and O–H groups in total. The van der Waals surface area contributed by atoms with Gasteiger partial charge >= 0.3 is 0 Å². The second-order valence-electron chi connectivity index (χ2n) is 9.74. The standard InChI is InChI=1S/C33H22N4O6/c34-16-24-30(35-17-20-6-2-1-3-7-20)23-8-4-5-9-25(23)36-31(24)37(32(38)21-10-12-26-28(14-21)42-18-40-26)33(39)22-11-13-27-29(15-22)43-19-41-27/h1-15H,17-19H2,(H,35,36). The van der Waals surface area contributed by atoms with Crippen molar-refractivity contribution in [3.63, 3.8) is 0 Å². The predicted octanol–water partition coefficient (Wildman–Crippen LogP) is 5.66. The third-order valence-corrected chi connectivity index (χ3v) is 7.15. The Morgan fingerprint density at radius 1 is 0.767 bits per heavy atom. The van der Waals surface area contributed by atoms with E-state index in [0.29, 0.717) is 46.1 Å². The zero-order valence-electron chi connectivity index (χ0n) is 22.6. The molecule has 4 aromatic carbocycles. The van der Waals surface area contributed by atoms with Crippen molar-refractivity contribution in [2.45, 2.75) is 6.54 Å². The third kappa shape index (κ3) is 4.69. The maximum atomic E-state index is 14.3. The molecule has 2 amide bonds. The van der Waals surface area contributed by atoms with Gasteiger partial charge in [0.25, 0.3) is 11.8 Å². The minimum atomic E-state index is -0.700. The Balaban J connectivity index is 1.40. The second-order valence-corrected chi connectivity index (χ2v) is 9.74. The third-order valence-electron chi connectivity index (χ3n) is 7.15. The maximum absolute atomic E-state index is 14.3. The fourth-order valence-electron chi connectivity index (χ4n) is 5.04. The molecule has 0 saturated heterocycles. The Kier molecular flexibility index (Phi) is 6.45. The summed E-state index contributed by atoms with van der Waals surface area (Å²) in [4.78, 5) is 34.2. The minimum absolute atomic E-state index is 0.0219. The van der Waals surface area contributed by atoms with E-state index in [1.807, 2.05) is 42.5 Å². The first-order valence-corrected chi connectivity index (χ1v) is 13.4. The smallest absolute Gasteiger partial charge is 0.266 e. The first-order chi connectivity index (χ1) is 21.1. The second kappa shape index (κ2) is 10.7. The van der Waals surface area contributed by atoms with Crippen molar-refractivity contribution in [2.24, 2.45) is 0 Å². The number of fused-ring (bicyclic) bond motifs is 3. The lowest BCUT2D eigenvalue weighted by Crippen LogP contribution is -2.38. The molecule has 10 heteroatoms. The predicted molar refractivity (Wildman–Crippen MR) is 156 cm³/mol. The number of ether oxygens (including phenoxy) is 4. The number of anilines is 2. The number of carbonyl (C=O) groups excluding carboxylic acids is 2. The van der Waals surface area contributed by atoms with E-state index in [2.05, 4.69) is 11.4 Å². The van der Waals surface area contributed by atoms with E-state index >= 15 is 0 Å². The van der Waals surface area contributed by atoms with Gasteiger partial charge in [-0.05, 0) is 48.0 Å². The van der Waals surface area contributed by atoms with E-state index < -0.39 is 11.8 Å². The Morgan fingerprint density at radius 3 is 1.98 bits per heavy atom. The molecule has 210 valence electrons. The van der Waals surface area contributed by atoms with Crippen molar-refractivity contribution in [1.29, 1.82) is 5.26 Å². The molecular formula is C33H22N4O6. The van der Waals surface area contributed by atoms with Crippen LogP contribution in [0.2, 0.25) is 0 Å². The van der Waals surface area contributed by atoms with Gasteiger partial charge in [-0.3, -0.25) is 9.59 Å². The number of para-hydroxylation sites is 1. The lowest BCUT2D eigenvalue weighted by atomic mass is 10.1. The average Bonchev–Trinajstić information content (AvgIpc) is 3.73. The molecule has 0 atom stereocenters. The van der Waals surface area contributed by atoms with Crippen molar-refractivity contribution < 1.29 is 28.5 Å². The van der Waals surface area contributed by atoms with E-state index in [1.165, 1.54) is 24.3 Å². The van der Waals surface area contributed by atoms with Crippen LogP contribution in [0.15, 0.2) is 91.0 Å². The number of nitrogens with one attached hydrogen (secondary N) is 1. The molecule has 2 aliphatic rings. The Hall–Kier alpha value is -6.08. The number of rotatable bonds is 6. The molecule has 3 heterocycles. The number of nitrogens with zero attached hydrogens (tertiary/aromatic N) is 3. The van der Waals surface area contributed by atoms with Crippen LogP contribution in [-0.2, 0) is 6.54 Å². The molecule has 0 bridgehead atoms. The molecule has 0 aliphatic carbocycles. The van der Waals surface area contributed by atoms with E-state index in [0.717, 1.165) is 10.5 Å². The molecule has 0 saturated carbocycles. The number of hydrogen-bond donors (Lipinski definition) is 1. The molecular weight excluding hydrogens is 548 g/mol. The first kappa shape index (κ1) is 25.9. The lowest BCUT2D eigenvalue weighted by Gasteiger charge is -2.24. The molecule has 7 rings (SSSR count). The quantitative estimate of drug-likeness (QED) is 0.258. The number of hydrogen-bond acceptors (Lipinski definition) is 9. The Labute approximate surface area is 245 Å². The molecule has 0 unspecified atom stereocenters. The summed E-state index contributed by atoms with van der Waals surface area (Å²) in [5, 5.41) is 14.5. The molecule has 0 spiro atoms. The molecule has 2 aliphatic heterocycles. The summed E-state index contributed by atoms with van der Waals surface area (Å²) in [5.74, 6) is 0.209. The molecule has 43 heavy (non-hydrogen) atoms. The van der Waals surface area contributed by atoms with Crippen LogP contribution in [0.5, 0.6) is 23.0 Å². The van der Waals surface area contributed by atoms with Crippen LogP contribution < -0.4 is 29.2 Å². The van der Waals surface area contributed by atoms with Gasteiger partial charge in [0.1, 0.15) is 11.6 Å².